The zero-order chi connectivity index (χ0) is 74.6. The van der Waals surface area contributed by atoms with Crippen LogP contribution >= 0.6 is 15.6 Å². The molecule has 0 saturated heterocycles. The lowest BCUT2D eigenvalue weighted by molar-refractivity contribution is -0.161. The molecular weight excluding hydrogens is 1330 g/mol. The highest BCUT2D eigenvalue weighted by Crippen LogP contribution is 2.45. The van der Waals surface area contributed by atoms with Crippen LogP contribution in [0.25, 0.3) is 0 Å². The molecule has 17 nitrogen and oxygen atoms in total. The summed E-state index contributed by atoms with van der Waals surface area (Å²) in [5.74, 6) is -2.37. The summed E-state index contributed by atoms with van der Waals surface area (Å²) in [6, 6.07) is 0. The van der Waals surface area contributed by atoms with Gasteiger partial charge in [-0.2, -0.15) is 0 Å². The first-order valence-electron chi connectivity index (χ1n) is 38.7. The van der Waals surface area contributed by atoms with Crippen molar-refractivity contribution in [1.29, 1.82) is 0 Å². The van der Waals surface area contributed by atoms with E-state index in [1.807, 2.05) is 30.4 Å². The van der Waals surface area contributed by atoms with Gasteiger partial charge in [-0.1, -0.05) is 263 Å². The molecule has 0 spiro atoms. The highest BCUT2D eigenvalue weighted by Gasteiger charge is 2.30. The van der Waals surface area contributed by atoms with Gasteiger partial charge in [0.15, 0.2) is 12.2 Å². The lowest BCUT2D eigenvalue weighted by Gasteiger charge is -2.21. The Morgan fingerprint density at radius 1 is 0.284 bits per heavy atom. The summed E-state index contributed by atoms with van der Waals surface area (Å²) < 4.78 is 68.3. The van der Waals surface area contributed by atoms with Crippen LogP contribution in [0.15, 0.2) is 158 Å². The van der Waals surface area contributed by atoms with E-state index in [4.69, 9.17) is 37.0 Å². The van der Waals surface area contributed by atoms with Crippen molar-refractivity contribution in [2.24, 2.45) is 0 Å². The molecule has 19 heteroatoms. The lowest BCUT2D eigenvalue weighted by Crippen LogP contribution is -2.30. The van der Waals surface area contributed by atoms with Crippen LogP contribution in [0, 0.1) is 0 Å². The van der Waals surface area contributed by atoms with Crippen molar-refractivity contribution in [2.75, 3.05) is 39.6 Å². The molecule has 5 unspecified atom stereocenters. The van der Waals surface area contributed by atoms with Crippen molar-refractivity contribution >= 4 is 39.5 Å². The highest BCUT2D eigenvalue weighted by atomic mass is 31.2. The molecule has 102 heavy (non-hydrogen) atoms. The molecule has 580 valence electrons. The predicted octanol–water partition coefficient (Wildman–Crippen LogP) is 22.4. The van der Waals surface area contributed by atoms with Gasteiger partial charge in [0.05, 0.1) is 26.4 Å². The summed E-state index contributed by atoms with van der Waals surface area (Å²) in [4.78, 5) is 72.8. The first-order valence-corrected chi connectivity index (χ1v) is 41.7. The largest absolute Gasteiger partial charge is 0.472 e. The van der Waals surface area contributed by atoms with Gasteiger partial charge in [0.1, 0.15) is 19.3 Å². The molecule has 0 aromatic heterocycles. The Morgan fingerprint density at radius 3 is 0.892 bits per heavy atom. The van der Waals surface area contributed by atoms with Gasteiger partial charge < -0.3 is 33.8 Å². The Balaban J connectivity index is 5.50. The second kappa shape index (κ2) is 74.0. The van der Waals surface area contributed by atoms with Crippen molar-refractivity contribution < 1.29 is 80.2 Å². The number of ether oxygens (including phenoxy) is 4. The molecule has 0 rings (SSSR count). The van der Waals surface area contributed by atoms with Gasteiger partial charge in [-0.3, -0.25) is 37.3 Å². The van der Waals surface area contributed by atoms with Crippen LogP contribution in [0.2, 0.25) is 0 Å². The summed E-state index contributed by atoms with van der Waals surface area (Å²) in [7, 11) is -10.0. The second-order valence-corrected chi connectivity index (χ2v) is 28.1. The van der Waals surface area contributed by atoms with Crippen molar-refractivity contribution in [3.8, 4) is 0 Å². The van der Waals surface area contributed by atoms with Gasteiger partial charge in [0.25, 0.3) is 0 Å². The van der Waals surface area contributed by atoms with Crippen LogP contribution in [-0.2, 0) is 65.4 Å². The number of aliphatic hydroxyl groups excluding tert-OH is 1. The Kier molecular flexibility index (Phi) is 70.1. The number of carbonyl (C=O) groups is 4. The smallest absolute Gasteiger partial charge is 0.462 e. The Bertz CT molecular complexity index is 2550. The van der Waals surface area contributed by atoms with Gasteiger partial charge in [-0.25, -0.2) is 9.13 Å². The molecule has 0 heterocycles. The van der Waals surface area contributed by atoms with E-state index < -0.39 is 97.5 Å². The third-order valence-corrected chi connectivity index (χ3v) is 17.4. The predicted molar refractivity (Wildman–Crippen MR) is 417 cm³/mol. The molecule has 3 N–H and O–H groups in total. The number of aliphatic hydroxyl groups is 1. The first-order chi connectivity index (χ1) is 49.7. The second-order valence-electron chi connectivity index (χ2n) is 25.2. The van der Waals surface area contributed by atoms with Gasteiger partial charge in [0.2, 0.25) is 0 Å². The summed E-state index contributed by atoms with van der Waals surface area (Å²) in [5, 5.41) is 10.6. The minimum atomic E-state index is -5.01. The van der Waals surface area contributed by atoms with Gasteiger partial charge in [0, 0.05) is 25.7 Å². The van der Waals surface area contributed by atoms with Crippen LogP contribution in [0.1, 0.15) is 285 Å². The zero-order valence-corrected chi connectivity index (χ0v) is 65.0. The van der Waals surface area contributed by atoms with Crippen LogP contribution in [0.3, 0.4) is 0 Å². The molecule has 0 fully saturated rings. The molecular formula is C83H136O17P2. The van der Waals surface area contributed by atoms with Crippen molar-refractivity contribution in [3.05, 3.63) is 158 Å². The molecule has 0 aliphatic heterocycles. The highest BCUT2D eigenvalue weighted by molar-refractivity contribution is 7.47. The van der Waals surface area contributed by atoms with E-state index in [9.17, 15) is 43.2 Å². The van der Waals surface area contributed by atoms with Crippen LogP contribution in [0.4, 0.5) is 0 Å². The van der Waals surface area contributed by atoms with Gasteiger partial charge >= 0.3 is 39.5 Å². The maximum Gasteiger partial charge on any atom is 0.472 e. The van der Waals surface area contributed by atoms with Crippen molar-refractivity contribution in [3.63, 3.8) is 0 Å². The first kappa shape index (κ1) is 96.7. The van der Waals surface area contributed by atoms with Gasteiger partial charge in [-0.05, 0) is 154 Å². The number of allylic oxidation sites excluding steroid dienone is 26. The SMILES string of the molecule is CC/C=C\C/C=C\C/C=C\C/C=C\C/C=C\C/C=C\CCC(=O)OCC(COP(=O)(O)OCC(O)COP(=O)(O)OCC(COC(=O)CCCCCCC/C=C\CCCCCC)OC(=O)CCCCCCC/C=C\CCCCCC)OC(=O)CCC/C=C\C/C=C\C/C=C\C/C=C\C/C=C\CC. The van der Waals surface area contributed by atoms with E-state index in [0.29, 0.717) is 38.5 Å². The number of esters is 4. The van der Waals surface area contributed by atoms with Crippen LogP contribution < -0.4 is 0 Å². The number of hydrogen-bond acceptors (Lipinski definition) is 15. The molecule has 5 atom stereocenters. The van der Waals surface area contributed by atoms with Crippen molar-refractivity contribution in [2.45, 2.75) is 303 Å². The van der Waals surface area contributed by atoms with Gasteiger partial charge in [-0.15, -0.1) is 0 Å². The summed E-state index contributed by atoms with van der Waals surface area (Å²) in [6.45, 7) is 4.43. The number of phosphoric acid groups is 2. The number of hydrogen-bond donors (Lipinski definition) is 3. The number of carbonyl (C=O) groups excluding carboxylic acids is 4. The molecule has 0 aliphatic rings. The maximum absolute atomic E-state index is 13.1. The number of rotatable bonds is 71. The monoisotopic (exact) mass is 1470 g/mol. The van der Waals surface area contributed by atoms with E-state index in [1.54, 1.807) is 0 Å². The Hall–Kier alpha value is -5.32. The van der Waals surface area contributed by atoms with E-state index in [2.05, 4.69) is 155 Å². The maximum atomic E-state index is 13.1. The number of unbranched alkanes of at least 4 members (excludes halogenated alkanes) is 19. The Morgan fingerprint density at radius 2 is 0.539 bits per heavy atom. The third-order valence-electron chi connectivity index (χ3n) is 15.5. The molecule has 0 saturated carbocycles. The normalized spacial score (nSPS) is 14.8. The average Bonchev–Trinajstić information content (AvgIpc) is 0.923. The summed E-state index contributed by atoms with van der Waals surface area (Å²) in [6.07, 6.45) is 85.4. The molecule has 0 radical (unpaired) electrons. The lowest BCUT2D eigenvalue weighted by atomic mass is 10.1. The van der Waals surface area contributed by atoms with E-state index in [1.165, 1.54) is 51.4 Å². The fourth-order valence-electron chi connectivity index (χ4n) is 9.62. The fourth-order valence-corrected chi connectivity index (χ4v) is 11.2. The molecule has 0 amide bonds. The average molecular weight is 1470 g/mol. The molecule has 0 aliphatic carbocycles. The van der Waals surface area contributed by atoms with Crippen molar-refractivity contribution in [1.82, 2.24) is 0 Å². The minimum absolute atomic E-state index is 0.00503. The van der Waals surface area contributed by atoms with Crippen LogP contribution in [-0.4, -0.2) is 96.7 Å². The molecule has 0 aromatic carbocycles. The molecule has 0 aromatic rings. The summed E-state index contributed by atoms with van der Waals surface area (Å²) >= 11 is 0. The van der Waals surface area contributed by atoms with Crippen LogP contribution in [0.5, 0.6) is 0 Å². The topological polar surface area (TPSA) is 237 Å². The number of phosphoric ester groups is 2. The van der Waals surface area contributed by atoms with E-state index >= 15 is 0 Å². The Labute approximate surface area is 617 Å². The summed E-state index contributed by atoms with van der Waals surface area (Å²) in [5.41, 5.74) is 0. The third kappa shape index (κ3) is 73.0. The molecule has 0 bridgehead atoms. The van der Waals surface area contributed by atoms with E-state index in [0.717, 1.165) is 141 Å². The minimum Gasteiger partial charge on any atom is -0.462 e. The standard InChI is InChI=1S/C83H136O17P2/c1-5-9-13-17-21-25-29-33-35-37-38-40-41-45-48-52-56-60-64-68-81(86)94-74-79(100-83(88)70-66-62-58-54-50-46-42-39-36-34-30-26-22-18-14-10-6-2)76-98-102(91,92)96-72-77(84)71-95-101(89,90)97-75-78(99-82(87)69-65-61-57-53-49-44-32-28-24-20-16-12-8-4)73-93-80(85)67-63-59-55-51-47-43-31-27-23-19-15-11-7-3/h9-10,13-14,21-22,25-28,31-36,38,40,42,45-46,48,54,56,58,60,77-79,84H,5-8,11-12,15-20,23-24,29-30,37,39,41,43-44,47,49-53,55,57,59,61-76H2,1-4H3,(H,89,90)(H,91,92)/b13-9-,14-10-,25-21-,26-22-,31-27-,32-28-,35-33-,36-34-,40-38-,46-42-,48-45-,58-54-,60-56-. The zero-order valence-electron chi connectivity index (χ0n) is 63.2. The fraction of sp³-hybridized carbons (Fsp3) is 0.639. The quantitative estimate of drug-likeness (QED) is 0.0169. The van der Waals surface area contributed by atoms with E-state index in [-0.39, 0.29) is 25.7 Å².